The molecule has 2 N–H and O–H groups in total. The van der Waals surface area contributed by atoms with Gasteiger partial charge in [-0.3, -0.25) is 9.59 Å². The van der Waals surface area contributed by atoms with E-state index in [1.54, 1.807) is 41.3 Å². The summed E-state index contributed by atoms with van der Waals surface area (Å²) in [5.74, 6) is 0.600. The lowest BCUT2D eigenvalue weighted by Gasteiger charge is -2.29. The van der Waals surface area contributed by atoms with E-state index in [2.05, 4.69) is 5.32 Å². The molecule has 0 bridgehead atoms. The second-order valence-electron chi connectivity index (χ2n) is 7.63. The topological polar surface area (TPSA) is 78.9 Å². The molecule has 0 atom stereocenters. The summed E-state index contributed by atoms with van der Waals surface area (Å²) in [5.41, 5.74) is 2.12. The summed E-state index contributed by atoms with van der Waals surface area (Å²) < 4.78 is 5.59. The highest BCUT2D eigenvalue weighted by atomic mass is 16.5. The average molecular weight is 396 g/mol. The number of ether oxygens (including phenoxy) is 1. The molecule has 6 nitrogen and oxygen atoms in total. The van der Waals surface area contributed by atoms with Gasteiger partial charge in [0.1, 0.15) is 5.75 Å². The maximum atomic E-state index is 12.4. The summed E-state index contributed by atoms with van der Waals surface area (Å²) in [4.78, 5) is 26.6. The van der Waals surface area contributed by atoms with Crippen LogP contribution in [0.3, 0.4) is 0 Å². The number of benzene rings is 2. The Morgan fingerprint density at radius 1 is 1.07 bits per heavy atom. The molecule has 1 heterocycles. The van der Waals surface area contributed by atoms with Gasteiger partial charge in [0.15, 0.2) is 0 Å². The lowest BCUT2D eigenvalue weighted by molar-refractivity contribution is -0.132. The number of anilines is 1. The molecule has 0 aliphatic carbocycles. The largest absolute Gasteiger partial charge is 0.491 e. The highest BCUT2D eigenvalue weighted by Gasteiger charge is 2.21. The molecule has 0 spiro atoms. The van der Waals surface area contributed by atoms with E-state index < -0.39 is 0 Å². The lowest BCUT2D eigenvalue weighted by Crippen LogP contribution is -2.40. The van der Waals surface area contributed by atoms with Gasteiger partial charge in [-0.25, -0.2) is 0 Å². The lowest BCUT2D eigenvalue weighted by atomic mass is 10.1. The predicted octanol–water partition coefficient (Wildman–Crippen LogP) is 3.25. The Bertz CT molecular complexity index is 823. The number of hydrogen-bond acceptors (Lipinski definition) is 4. The first-order chi connectivity index (χ1) is 13.9. The Morgan fingerprint density at radius 2 is 1.69 bits per heavy atom. The number of aliphatic hydroxyl groups excluding tert-OH is 1. The van der Waals surface area contributed by atoms with Crippen LogP contribution >= 0.6 is 0 Å². The standard InChI is InChI=1S/C23H28N2O4/c1-16(2)29-21-9-5-18(6-10-21)23(28)24-19-7-3-17(4-8-19)15-22(27)25-13-11-20(26)12-14-25/h3-10,16,20,26H,11-15H2,1-2H3,(H,24,28). The van der Waals surface area contributed by atoms with Crippen molar-refractivity contribution in [2.75, 3.05) is 18.4 Å². The molecule has 1 saturated heterocycles. The van der Waals surface area contributed by atoms with Crippen LogP contribution in [0.25, 0.3) is 0 Å². The molecule has 2 amide bonds. The Labute approximate surface area is 171 Å². The first-order valence-corrected chi connectivity index (χ1v) is 10.0. The van der Waals surface area contributed by atoms with E-state index in [1.165, 1.54) is 0 Å². The Balaban J connectivity index is 1.53. The highest BCUT2D eigenvalue weighted by molar-refractivity contribution is 6.04. The number of aliphatic hydroxyl groups is 1. The van der Waals surface area contributed by atoms with E-state index in [-0.39, 0.29) is 24.0 Å². The molecule has 0 unspecified atom stereocenters. The number of nitrogens with one attached hydrogen (secondary N) is 1. The van der Waals surface area contributed by atoms with E-state index in [0.29, 0.717) is 43.6 Å². The fraction of sp³-hybridized carbons (Fsp3) is 0.391. The third kappa shape index (κ3) is 6.06. The smallest absolute Gasteiger partial charge is 0.255 e. The first-order valence-electron chi connectivity index (χ1n) is 10.0. The molecular weight excluding hydrogens is 368 g/mol. The molecule has 154 valence electrons. The van der Waals surface area contributed by atoms with Gasteiger partial charge in [-0.15, -0.1) is 0 Å². The number of piperidine rings is 1. The second-order valence-corrected chi connectivity index (χ2v) is 7.63. The minimum absolute atomic E-state index is 0.0670. The van der Waals surface area contributed by atoms with Crippen molar-refractivity contribution in [3.05, 3.63) is 59.7 Å². The van der Waals surface area contributed by atoms with Crippen molar-refractivity contribution < 1.29 is 19.4 Å². The molecule has 6 heteroatoms. The monoisotopic (exact) mass is 396 g/mol. The van der Waals surface area contributed by atoms with Crippen LogP contribution in [0.5, 0.6) is 5.75 Å². The van der Waals surface area contributed by atoms with Crippen LogP contribution in [0.1, 0.15) is 42.6 Å². The number of amides is 2. The number of rotatable bonds is 6. The summed E-state index contributed by atoms with van der Waals surface area (Å²) in [6, 6.07) is 14.3. The van der Waals surface area contributed by atoms with Crippen molar-refractivity contribution in [3.8, 4) is 5.75 Å². The van der Waals surface area contributed by atoms with Gasteiger partial charge < -0.3 is 20.1 Å². The van der Waals surface area contributed by atoms with Gasteiger partial charge in [0.25, 0.3) is 5.91 Å². The van der Waals surface area contributed by atoms with Crippen LogP contribution in [0.15, 0.2) is 48.5 Å². The Morgan fingerprint density at radius 3 is 2.28 bits per heavy atom. The summed E-state index contributed by atoms with van der Waals surface area (Å²) >= 11 is 0. The normalized spacial score (nSPS) is 14.7. The van der Waals surface area contributed by atoms with Gasteiger partial charge in [0.05, 0.1) is 18.6 Å². The van der Waals surface area contributed by atoms with Crippen molar-refractivity contribution in [2.45, 2.75) is 45.3 Å². The first kappa shape index (κ1) is 20.9. The molecule has 0 saturated carbocycles. The van der Waals surface area contributed by atoms with Crippen LogP contribution in [-0.4, -0.2) is 47.1 Å². The number of carbonyl (C=O) groups is 2. The van der Waals surface area contributed by atoms with Crippen molar-refractivity contribution >= 4 is 17.5 Å². The number of carbonyl (C=O) groups excluding carboxylic acids is 2. The van der Waals surface area contributed by atoms with E-state index >= 15 is 0 Å². The van der Waals surface area contributed by atoms with Crippen molar-refractivity contribution in [3.63, 3.8) is 0 Å². The minimum Gasteiger partial charge on any atom is -0.491 e. The molecule has 1 aliphatic rings. The molecule has 0 aromatic heterocycles. The molecule has 0 radical (unpaired) electrons. The van der Waals surface area contributed by atoms with Crippen LogP contribution in [0.2, 0.25) is 0 Å². The third-order valence-corrected chi connectivity index (χ3v) is 4.87. The van der Waals surface area contributed by atoms with E-state index in [9.17, 15) is 14.7 Å². The zero-order chi connectivity index (χ0) is 20.8. The molecule has 2 aromatic carbocycles. The molecule has 2 aromatic rings. The third-order valence-electron chi connectivity index (χ3n) is 4.87. The van der Waals surface area contributed by atoms with Gasteiger partial charge >= 0.3 is 0 Å². The Kier molecular flexibility index (Phi) is 6.88. The van der Waals surface area contributed by atoms with E-state index in [0.717, 1.165) is 11.3 Å². The molecular formula is C23H28N2O4. The predicted molar refractivity (Wildman–Crippen MR) is 112 cm³/mol. The Hall–Kier alpha value is -2.86. The fourth-order valence-corrected chi connectivity index (χ4v) is 3.27. The zero-order valence-corrected chi connectivity index (χ0v) is 16.9. The summed E-state index contributed by atoms with van der Waals surface area (Å²) in [6.45, 7) is 5.12. The van der Waals surface area contributed by atoms with Crippen molar-refractivity contribution in [1.82, 2.24) is 4.90 Å². The summed E-state index contributed by atoms with van der Waals surface area (Å²) in [7, 11) is 0. The van der Waals surface area contributed by atoms with Gasteiger partial charge in [-0.05, 0) is 68.7 Å². The quantitative estimate of drug-likeness (QED) is 0.786. The van der Waals surface area contributed by atoms with Crippen LogP contribution in [0.4, 0.5) is 5.69 Å². The highest BCUT2D eigenvalue weighted by Crippen LogP contribution is 2.17. The summed E-state index contributed by atoms with van der Waals surface area (Å²) in [6.07, 6.45) is 1.40. The number of nitrogens with zero attached hydrogens (tertiary/aromatic N) is 1. The van der Waals surface area contributed by atoms with Crippen LogP contribution in [-0.2, 0) is 11.2 Å². The van der Waals surface area contributed by atoms with Gasteiger partial charge in [0, 0.05) is 24.3 Å². The fourth-order valence-electron chi connectivity index (χ4n) is 3.27. The van der Waals surface area contributed by atoms with E-state index in [1.807, 2.05) is 26.0 Å². The molecule has 1 fully saturated rings. The average Bonchev–Trinajstić information content (AvgIpc) is 2.70. The zero-order valence-electron chi connectivity index (χ0n) is 16.9. The molecule has 3 rings (SSSR count). The SMILES string of the molecule is CC(C)Oc1ccc(C(=O)Nc2ccc(CC(=O)N3CCC(O)CC3)cc2)cc1. The maximum absolute atomic E-state index is 12.4. The van der Waals surface area contributed by atoms with Crippen LogP contribution < -0.4 is 10.1 Å². The van der Waals surface area contributed by atoms with Gasteiger partial charge in [0.2, 0.25) is 5.91 Å². The maximum Gasteiger partial charge on any atom is 0.255 e. The molecule has 29 heavy (non-hydrogen) atoms. The van der Waals surface area contributed by atoms with Gasteiger partial charge in [-0.2, -0.15) is 0 Å². The molecule has 1 aliphatic heterocycles. The summed E-state index contributed by atoms with van der Waals surface area (Å²) in [5, 5.41) is 12.4. The van der Waals surface area contributed by atoms with Gasteiger partial charge in [-0.1, -0.05) is 12.1 Å². The van der Waals surface area contributed by atoms with Crippen molar-refractivity contribution in [1.29, 1.82) is 0 Å². The van der Waals surface area contributed by atoms with Crippen molar-refractivity contribution in [2.24, 2.45) is 0 Å². The number of hydrogen-bond donors (Lipinski definition) is 2. The minimum atomic E-state index is -0.291. The van der Waals surface area contributed by atoms with Crippen LogP contribution in [0, 0.1) is 0 Å². The number of likely N-dealkylation sites (tertiary alicyclic amines) is 1. The van der Waals surface area contributed by atoms with E-state index in [4.69, 9.17) is 4.74 Å². The second kappa shape index (κ2) is 9.56.